The number of aryl methyl sites for hydroxylation is 1. The Labute approximate surface area is 123 Å². The zero-order valence-corrected chi connectivity index (χ0v) is 12.6. The van der Waals surface area contributed by atoms with Crippen LogP contribution in [0.25, 0.3) is 5.57 Å². The molecule has 0 fully saturated rings. The smallest absolute Gasteiger partial charge is 0.158 e. The predicted molar refractivity (Wildman–Crippen MR) is 85.5 cm³/mol. The van der Waals surface area contributed by atoms with Crippen molar-refractivity contribution in [1.29, 1.82) is 0 Å². The molecule has 0 amide bonds. The third-order valence-corrected chi connectivity index (χ3v) is 3.78. The van der Waals surface area contributed by atoms with Gasteiger partial charge in [0.25, 0.3) is 0 Å². The minimum Gasteiger partial charge on any atom is -0.236 e. The fraction of sp³-hybridized carbons (Fsp3) is 0.556. The summed E-state index contributed by atoms with van der Waals surface area (Å²) in [5, 5.41) is 0. The molecule has 1 aliphatic rings. The van der Waals surface area contributed by atoms with Gasteiger partial charge in [-0.1, -0.05) is 57.3 Å². The van der Waals surface area contributed by atoms with Crippen LogP contribution in [-0.2, 0) is 6.42 Å². The van der Waals surface area contributed by atoms with Crippen LogP contribution in [0.4, 0.5) is 0 Å². The maximum absolute atomic E-state index is 4.50. The van der Waals surface area contributed by atoms with Crippen molar-refractivity contribution >= 4 is 5.57 Å². The lowest BCUT2D eigenvalue weighted by Crippen LogP contribution is -1.97. The van der Waals surface area contributed by atoms with Crippen molar-refractivity contribution in [2.45, 2.75) is 64.7 Å². The van der Waals surface area contributed by atoms with Crippen LogP contribution in [0.1, 0.15) is 69.7 Å². The van der Waals surface area contributed by atoms with E-state index >= 15 is 0 Å². The SMILES string of the molecule is CCCCCCCCc1cnc(C2=CCCC=C2)nc1. The number of aromatic nitrogens is 2. The lowest BCUT2D eigenvalue weighted by molar-refractivity contribution is 0.606. The van der Waals surface area contributed by atoms with Crippen LogP contribution in [0.15, 0.2) is 30.6 Å². The first-order valence-corrected chi connectivity index (χ1v) is 8.08. The molecule has 0 atom stereocenters. The number of nitrogens with zero attached hydrogens (tertiary/aromatic N) is 2. The Hall–Kier alpha value is -1.44. The largest absolute Gasteiger partial charge is 0.236 e. The molecule has 1 aromatic rings. The highest BCUT2D eigenvalue weighted by Gasteiger charge is 2.04. The van der Waals surface area contributed by atoms with Crippen molar-refractivity contribution in [2.24, 2.45) is 0 Å². The zero-order chi connectivity index (χ0) is 14.0. The highest BCUT2D eigenvalue weighted by Crippen LogP contribution is 2.18. The minimum absolute atomic E-state index is 0.868. The Morgan fingerprint density at radius 3 is 2.40 bits per heavy atom. The predicted octanol–water partition coefficient (Wildman–Crippen LogP) is 5.11. The summed E-state index contributed by atoms with van der Waals surface area (Å²) in [4.78, 5) is 9.00. The second kappa shape index (κ2) is 8.68. The molecule has 108 valence electrons. The Morgan fingerprint density at radius 1 is 0.950 bits per heavy atom. The quantitative estimate of drug-likeness (QED) is 0.613. The van der Waals surface area contributed by atoms with Crippen LogP contribution < -0.4 is 0 Å². The van der Waals surface area contributed by atoms with E-state index in [2.05, 4.69) is 35.1 Å². The first kappa shape index (κ1) is 15.0. The molecule has 20 heavy (non-hydrogen) atoms. The van der Waals surface area contributed by atoms with E-state index in [0.717, 1.165) is 25.1 Å². The van der Waals surface area contributed by atoms with Gasteiger partial charge in [0, 0.05) is 18.0 Å². The van der Waals surface area contributed by atoms with Gasteiger partial charge in [-0.2, -0.15) is 0 Å². The summed E-state index contributed by atoms with van der Waals surface area (Å²) in [6, 6.07) is 0. The molecule has 2 heteroatoms. The molecular weight excluding hydrogens is 244 g/mol. The lowest BCUT2D eigenvalue weighted by Gasteiger charge is -2.06. The summed E-state index contributed by atoms with van der Waals surface area (Å²) in [7, 11) is 0. The molecule has 1 aliphatic carbocycles. The average molecular weight is 270 g/mol. The summed E-state index contributed by atoms with van der Waals surface area (Å²) < 4.78 is 0. The van der Waals surface area contributed by atoms with Crippen molar-refractivity contribution in [1.82, 2.24) is 9.97 Å². The van der Waals surface area contributed by atoms with E-state index in [1.807, 2.05) is 12.4 Å². The first-order valence-electron chi connectivity index (χ1n) is 8.08. The summed E-state index contributed by atoms with van der Waals surface area (Å²) in [5.41, 5.74) is 2.44. The number of unbranched alkanes of at least 4 members (excludes halogenated alkanes) is 5. The van der Waals surface area contributed by atoms with E-state index in [9.17, 15) is 0 Å². The van der Waals surface area contributed by atoms with Gasteiger partial charge in [0.15, 0.2) is 5.82 Å². The fourth-order valence-electron chi connectivity index (χ4n) is 2.52. The van der Waals surface area contributed by atoms with Crippen molar-refractivity contribution < 1.29 is 0 Å². The third-order valence-electron chi connectivity index (χ3n) is 3.78. The molecule has 0 saturated carbocycles. The van der Waals surface area contributed by atoms with Crippen LogP contribution in [-0.4, -0.2) is 9.97 Å². The van der Waals surface area contributed by atoms with Gasteiger partial charge in [0.05, 0.1) is 0 Å². The molecular formula is C18H26N2. The van der Waals surface area contributed by atoms with E-state index in [1.54, 1.807) is 0 Å². The maximum Gasteiger partial charge on any atom is 0.158 e. The molecule has 0 N–H and O–H groups in total. The lowest BCUT2D eigenvalue weighted by atomic mass is 10.1. The monoisotopic (exact) mass is 270 g/mol. The fourth-order valence-corrected chi connectivity index (χ4v) is 2.52. The zero-order valence-electron chi connectivity index (χ0n) is 12.6. The van der Waals surface area contributed by atoms with Gasteiger partial charge in [0.2, 0.25) is 0 Å². The second-order valence-electron chi connectivity index (χ2n) is 5.57. The Balaban J connectivity index is 1.74. The number of allylic oxidation sites excluding steroid dienone is 4. The van der Waals surface area contributed by atoms with Crippen LogP contribution in [0.5, 0.6) is 0 Å². The molecule has 0 bridgehead atoms. The number of hydrogen-bond acceptors (Lipinski definition) is 2. The van der Waals surface area contributed by atoms with Gasteiger partial charge in [-0.3, -0.25) is 0 Å². The molecule has 0 aromatic carbocycles. The van der Waals surface area contributed by atoms with E-state index in [1.165, 1.54) is 49.7 Å². The molecule has 2 nitrogen and oxygen atoms in total. The van der Waals surface area contributed by atoms with Crippen molar-refractivity contribution in [3.8, 4) is 0 Å². The molecule has 2 rings (SSSR count). The van der Waals surface area contributed by atoms with Crippen LogP contribution in [0.2, 0.25) is 0 Å². The number of rotatable bonds is 8. The maximum atomic E-state index is 4.50. The Kier molecular flexibility index (Phi) is 6.49. The van der Waals surface area contributed by atoms with Crippen LogP contribution in [0, 0.1) is 0 Å². The van der Waals surface area contributed by atoms with Gasteiger partial charge in [-0.25, -0.2) is 9.97 Å². The Morgan fingerprint density at radius 2 is 1.70 bits per heavy atom. The topological polar surface area (TPSA) is 25.8 Å². The first-order chi connectivity index (χ1) is 9.90. The van der Waals surface area contributed by atoms with Gasteiger partial charge in [0.1, 0.15) is 0 Å². The standard InChI is InChI=1S/C18H26N2/c1-2-3-4-5-6-8-11-16-14-19-18(20-15-16)17-12-9-7-10-13-17/h9,12-15H,2-8,10-11H2,1H3. The molecule has 0 spiro atoms. The van der Waals surface area contributed by atoms with Gasteiger partial charge < -0.3 is 0 Å². The van der Waals surface area contributed by atoms with Gasteiger partial charge >= 0.3 is 0 Å². The summed E-state index contributed by atoms with van der Waals surface area (Å²) in [5.74, 6) is 0.868. The van der Waals surface area contributed by atoms with Gasteiger partial charge in [-0.15, -0.1) is 0 Å². The molecule has 0 aliphatic heterocycles. The van der Waals surface area contributed by atoms with Crippen LogP contribution >= 0.6 is 0 Å². The van der Waals surface area contributed by atoms with E-state index in [4.69, 9.17) is 0 Å². The summed E-state index contributed by atoms with van der Waals surface area (Å²) in [6.45, 7) is 2.26. The van der Waals surface area contributed by atoms with E-state index in [0.29, 0.717) is 0 Å². The van der Waals surface area contributed by atoms with E-state index in [-0.39, 0.29) is 0 Å². The van der Waals surface area contributed by atoms with Gasteiger partial charge in [-0.05, 0) is 31.2 Å². The van der Waals surface area contributed by atoms with Crippen molar-refractivity contribution in [2.75, 3.05) is 0 Å². The molecule has 0 radical (unpaired) electrons. The summed E-state index contributed by atoms with van der Waals surface area (Å²) >= 11 is 0. The highest BCUT2D eigenvalue weighted by atomic mass is 14.9. The second-order valence-corrected chi connectivity index (χ2v) is 5.57. The third kappa shape index (κ3) is 4.92. The molecule has 1 aromatic heterocycles. The summed E-state index contributed by atoms with van der Waals surface area (Å²) in [6.07, 6.45) is 21.9. The number of hydrogen-bond donors (Lipinski definition) is 0. The van der Waals surface area contributed by atoms with Crippen LogP contribution in [0.3, 0.4) is 0 Å². The highest BCUT2D eigenvalue weighted by molar-refractivity contribution is 5.70. The van der Waals surface area contributed by atoms with E-state index < -0.39 is 0 Å². The molecule has 1 heterocycles. The van der Waals surface area contributed by atoms with Crippen molar-refractivity contribution in [3.05, 3.63) is 42.0 Å². The normalized spacial score (nSPS) is 14.3. The average Bonchev–Trinajstić information content (AvgIpc) is 2.52. The van der Waals surface area contributed by atoms with Crippen molar-refractivity contribution in [3.63, 3.8) is 0 Å². The molecule has 0 saturated heterocycles. The Bertz CT molecular complexity index is 443. The minimum atomic E-state index is 0.868. The molecule has 0 unspecified atom stereocenters.